The van der Waals surface area contributed by atoms with Crippen LogP contribution in [0.25, 0.3) is 0 Å². The first-order valence-electron chi connectivity index (χ1n) is 7.93. The molecule has 3 heteroatoms. The molecule has 0 saturated carbocycles. The Kier molecular flexibility index (Phi) is 5.69. The van der Waals surface area contributed by atoms with Crippen molar-refractivity contribution in [1.82, 2.24) is 0 Å². The van der Waals surface area contributed by atoms with Crippen molar-refractivity contribution in [2.45, 2.75) is 64.2 Å². The van der Waals surface area contributed by atoms with Gasteiger partial charge in [0, 0.05) is 0 Å². The molecule has 0 spiro atoms. The smallest absolute Gasteiger partial charge is 0.284 e. The zero-order valence-corrected chi connectivity index (χ0v) is 12.7. The molecule has 1 aromatic carbocycles. The van der Waals surface area contributed by atoms with Crippen molar-refractivity contribution in [3.63, 3.8) is 0 Å². The van der Waals surface area contributed by atoms with Crippen molar-refractivity contribution < 1.29 is 9.53 Å². The number of carbonyl (C=O) groups is 1. The van der Waals surface area contributed by atoms with E-state index in [1.165, 1.54) is 12.8 Å². The third-order valence-electron chi connectivity index (χ3n) is 4.51. The zero-order valence-electron chi connectivity index (χ0n) is 12.7. The standard InChI is InChI=1S/C17H25BO2/c1-3-8-16-12-7-9-14(2)18(16)17(19)20-13-15-10-5-4-6-11-15/h4-6,10-11,14,16H,3,7-9,12-13H2,1-2H3. The highest BCUT2D eigenvalue weighted by molar-refractivity contribution is 6.90. The zero-order chi connectivity index (χ0) is 14.4. The second-order valence-electron chi connectivity index (χ2n) is 6.08. The van der Waals surface area contributed by atoms with E-state index < -0.39 is 0 Å². The molecule has 0 aliphatic carbocycles. The van der Waals surface area contributed by atoms with Crippen LogP contribution in [0.2, 0.25) is 11.6 Å². The normalized spacial score (nSPS) is 22.6. The van der Waals surface area contributed by atoms with E-state index in [0.717, 1.165) is 24.8 Å². The van der Waals surface area contributed by atoms with E-state index in [9.17, 15) is 4.79 Å². The van der Waals surface area contributed by atoms with Gasteiger partial charge in [-0.05, 0) is 5.56 Å². The second kappa shape index (κ2) is 7.51. The van der Waals surface area contributed by atoms with Crippen LogP contribution < -0.4 is 0 Å². The van der Waals surface area contributed by atoms with Crippen LogP contribution in [-0.2, 0) is 11.3 Å². The quantitative estimate of drug-likeness (QED) is 0.693. The number of hydrogen-bond acceptors (Lipinski definition) is 2. The fraction of sp³-hybridized carbons (Fsp3) is 0.588. The van der Waals surface area contributed by atoms with Crippen molar-refractivity contribution in [2.75, 3.05) is 0 Å². The molecule has 0 bridgehead atoms. The van der Waals surface area contributed by atoms with Gasteiger partial charge in [-0.15, -0.1) is 0 Å². The van der Waals surface area contributed by atoms with Gasteiger partial charge in [0.1, 0.15) is 6.61 Å². The minimum Gasteiger partial charge on any atom is -0.469 e. The maximum atomic E-state index is 12.4. The second-order valence-corrected chi connectivity index (χ2v) is 6.08. The molecular formula is C17H25BO2. The molecular weight excluding hydrogens is 247 g/mol. The summed E-state index contributed by atoms with van der Waals surface area (Å²) >= 11 is 0. The van der Waals surface area contributed by atoms with Crippen LogP contribution in [0.15, 0.2) is 30.3 Å². The molecule has 108 valence electrons. The van der Waals surface area contributed by atoms with Gasteiger partial charge >= 0.3 is 0 Å². The monoisotopic (exact) mass is 272 g/mol. The topological polar surface area (TPSA) is 26.3 Å². The minimum atomic E-state index is 0.0134. The fourth-order valence-electron chi connectivity index (χ4n) is 3.47. The lowest BCUT2D eigenvalue weighted by molar-refractivity contribution is 0.163. The van der Waals surface area contributed by atoms with Crippen molar-refractivity contribution in [3.8, 4) is 0 Å². The molecule has 0 amide bonds. The number of carbonyl (C=O) groups excluding carboxylic acids is 1. The predicted molar refractivity (Wildman–Crippen MR) is 84.3 cm³/mol. The van der Waals surface area contributed by atoms with E-state index in [4.69, 9.17) is 4.74 Å². The molecule has 1 heterocycles. The Hall–Kier alpha value is -1.25. The summed E-state index contributed by atoms with van der Waals surface area (Å²) in [5, 5.41) is 0. The van der Waals surface area contributed by atoms with Crippen molar-refractivity contribution >= 4 is 12.6 Å². The molecule has 1 aromatic rings. The molecule has 2 unspecified atom stereocenters. The van der Waals surface area contributed by atoms with Crippen LogP contribution in [0.3, 0.4) is 0 Å². The van der Waals surface area contributed by atoms with Gasteiger partial charge in [-0.1, -0.05) is 87.9 Å². The van der Waals surface area contributed by atoms with Gasteiger partial charge < -0.3 is 4.74 Å². The van der Waals surface area contributed by atoms with Crippen molar-refractivity contribution in [1.29, 1.82) is 0 Å². The summed E-state index contributed by atoms with van der Waals surface area (Å²) in [5.74, 6) is 0.995. The van der Waals surface area contributed by atoms with E-state index in [1.54, 1.807) is 0 Å². The highest BCUT2D eigenvalue weighted by Gasteiger charge is 2.40. The van der Waals surface area contributed by atoms with Crippen LogP contribution in [0.5, 0.6) is 0 Å². The summed E-state index contributed by atoms with van der Waals surface area (Å²) in [7, 11) is 0. The highest BCUT2D eigenvalue weighted by Crippen LogP contribution is 2.39. The molecule has 0 N–H and O–H groups in total. The third kappa shape index (κ3) is 3.88. The summed E-state index contributed by atoms with van der Waals surface area (Å²) in [6, 6.07) is 9.94. The Morgan fingerprint density at radius 2 is 2.05 bits per heavy atom. The molecule has 1 fully saturated rings. The maximum absolute atomic E-state index is 12.4. The number of hydrogen-bond donors (Lipinski definition) is 0. The Bertz CT molecular complexity index is 416. The van der Waals surface area contributed by atoms with Crippen LogP contribution in [-0.4, -0.2) is 12.6 Å². The van der Waals surface area contributed by atoms with Crippen molar-refractivity contribution in [3.05, 3.63) is 35.9 Å². The average Bonchev–Trinajstić information content (AvgIpc) is 2.46. The lowest BCUT2D eigenvalue weighted by Crippen LogP contribution is -2.38. The number of rotatable bonds is 5. The minimum absolute atomic E-state index is 0.0134. The Balaban J connectivity index is 1.94. The SMILES string of the molecule is CCCC1CCCC(C)B1C(=O)OCc1ccccc1. The van der Waals surface area contributed by atoms with Crippen LogP contribution in [0.4, 0.5) is 4.79 Å². The maximum Gasteiger partial charge on any atom is 0.284 e. The Morgan fingerprint density at radius 3 is 2.75 bits per heavy atom. The first-order valence-corrected chi connectivity index (χ1v) is 7.93. The summed E-state index contributed by atoms with van der Waals surface area (Å²) in [4.78, 5) is 12.4. The van der Waals surface area contributed by atoms with Gasteiger partial charge in [-0.25, -0.2) is 0 Å². The molecule has 1 saturated heterocycles. The average molecular weight is 272 g/mol. The van der Waals surface area contributed by atoms with Crippen LogP contribution in [0.1, 0.15) is 51.5 Å². The largest absolute Gasteiger partial charge is 0.469 e. The van der Waals surface area contributed by atoms with E-state index in [2.05, 4.69) is 13.8 Å². The van der Waals surface area contributed by atoms with Crippen LogP contribution in [0, 0.1) is 0 Å². The third-order valence-corrected chi connectivity index (χ3v) is 4.51. The lowest BCUT2D eigenvalue weighted by atomic mass is 9.30. The first-order chi connectivity index (χ1) is 9.72. The molecule has 20 heavy (non-hydrogen) atoms. The molecule has 2 atom stereocenters. The van der Waals surface area contributed by atoms with Gasteiger partial charge in [-0.3, -0.25) is 4.79 Å². The summed E-state index contributed by atoms with van der Waals surface area (Å²) in [5.41, 5.74) is 1.07. The molecule has 0 radical (unpaired) electrons. The van der Waals surface area contributed by atoms with Gasteiger partial charge in [0.2, 0.25) is 0 Å². The van der Waals surface area contributed by atoms with E-state index in [1.807, 2.05) is 30.3 Å². The van der Waals surface area contributed by atoms with E-state index in [0.29, 0.717) is 18.2 Å². The fourth-order valence-corrected chi connectivity index (χ4v) is 3.47. The van der Waals surface area contributed by atoms with Gasteiger partial charge in [-0.2, -0.15) is 0 Å². The molecule has 2 nitrogen and oxygen atoms in total. The summed E-state index contributed by atoms with van der Waals surface area (Å²) < 4.78 is 5.58. The number of benzene rings is 1. The summed E-state index contributed by atoms with van der Waals surface area (Å²) in [6.07, 6.45) is 5.90. The Labute approximate surface area is 123 Å². The van der Waals surface area contributed by atoms with Gasteiger partial charge in [0.25, 0.3) is 12.6 Å². The molecule has 0 aromatic heterocycles. The lowest BCUT2D eigenvalue weighted by Gasteiger charge is -2.32. The van der Waals surface area contributed by atoms with Gasteiger partial charge in [0.05, 0.1) is 0 Å². The Morgan fingerprint density at radius 1 is 1.30 bits per heavy atom. The van der Waals surface area contributed by atoms with Gasteiger partial charge in [0.15, 0.2) is 0 Å². The first kappa shape index (κ1) is 15.1. The molecule has 1 aliphatic heterocycles. The van der Waals surface area contributed by atoms with Crippen LogP contribution >= 0.6 is 0 Å². The summed E-state index contributed by atoms with van der Waals surface area (Å²) in [6.45, 7) is 4.91. The van der Waals surface area contributed by atoms with E-state index in [-0.39, 0.29) is 12.6 Å². The molecule has 2 rings (SSSR count). The molecule has 1 aliphatic rings. The highest BCUT2D eigenvalue weighted by atomic mass is 16.5. The van der Waals surface area contributed by atoms with Crippen molar-refractivity contribution in [2.24, 2.45) is 0 Å². The predicted octanol–water partition coefficient (Wildman–Crippen LogP) is 5.14. The van der Waals surface area contributed by atoms with E-state index >= 15 is 0 Å². The number of ether oxygens (including phenoxy) is 1.